The van der Waals surface area contributed by atoms with Crippen LogP contribution in [0.5, 0.6) is 5.75 Å². The Morgan fingerprint density at radius 3 is 2.52 bits per heavy atom. The molecule has 0 aliphatic carbocycles. The Labute approximate surface area is 171 Å². The molecule has 1 heterocycles. The summed E-state index contributed by atoms with van der Waals surface area (Å²) in [5.74, 6) is 0.187. The van der Waals surface area contributed by atoms with Crippen LogP contribution in [0.15, 0.2) is 48.5 Å². The molecule has 7 heteroatoms. The number of nitrogens with one attached hydrogen (secondary N) is 1. The Morgan fingerprint density at radius 1 is 1.00 bits per heavy atom. The number of carbonyl (C=O) groups excluding carboxylic acids is 2. The van der Waals surface area contributed by atoms with Crippen LogP contribution in [-0.4, -0.2) is 75.2 Å². The van der Waals surface area contributed by atoms with Gasteiger partial charge in [-0.25, -0.2) is 0 Å². The van der Waals surface area contributed by atoms with E-state index in [1.54, 1.807) is 49.6 Å². The van der Waals surface area contributed by atoms with Crippen LogP contribution in [0.3, 0.4) is 0 Å². The fraction of sp³-hybridized carbons (Fsp3) is 0.364. The lowest BCUT2D eigenvalue weighted by molar-refractivity contribution is 0.0664. The third-order valence-corrected chi connectivity index (χ3v) is 4.83. The second-order valence-electron chi connectivity index (χ2n) is 6.97. The molecule has 0 aromatic heterocycles. The van der Waals surface area contributed by atoms with Crippen molar-refractivity contribution in [2.45, 2.75) is 0 Å². The van der Waals surface area contributed by atoms with Crippen LogP contribution >= 0.6 is 0 Å². The van der Waals surface area contributed by atoms with E-state index >= 15 is 0 Å². The van der Waals surface area contributed by atoms with Gasteiger partial charge in [0.1, 0.15) is 12.4 Å². The molecule has 2 aromatic rings. The van der Waals surface area contributed by atoms with E-state index in [2.05, 4.69) is 17.3 Å². The first kappa shape index (κ1) is 20.8. The number of amides is 2. The van der Waals surface area contributed by atoms with E-state index in [1.165, 1.54) is 0 Å². The quantitative estimate of drug-likeness (QED) is 0.727. The highest BCUT2D eigenvalue weighted by molar-refractivity contribution is 6.06. The number of methoxy groups -OCH3 is 1. The van der Waals surface area contributed by atoms with E-state index in [0.29, 0.717) is 48.9 Å². The van der Waals surface area contributed by atoms with E-state index in [1.807, 2.05) is 11.0 Å². The summed E-state index contributed by atoms with van der Waals surface area (Å²) in [5.41, 5.74) is 1.57. The Hall–Kier alpha value is -2.90. The minimum Gasteiger partial charge on any atom is -0.490 e. The number of hydrogen-bond acceptors (Lipinski definition) is 5. The standard InChI is InChI=1S/C22H27N3O4/c1-24-10-12-25(13-11-24)22(27)17-6-5-7-18(16-17)23-21(26)19-8-3-4-9-20(19)29-15-14-28-2/h3-9,16H,10-15H2,1-2H3,(H,23,26). The summed E-state index contributed by atoms with van der Waals surface area (Å²) in [6.07, 6.45) is 0. The van der Waals surface area contributed by atoms with Gasteiger partial charge >= 0.3 is 0 Å². The van der Waals surface area contributed by atoms with Crippen molar-refractivity contribution in [3.05, 3.63) is 59.7 Å². The van der Waals surface area contributed by atoms with E-state index in [0.717, 1.165) is 13.1 Å². The molecule has 29 heavy (non-hydrogen) atoms. The van der Waals surface area contributed by atoms with Gasteiger partial charge in [-0.1, -0.05) is 18.2 Å². The Balaban J connectivity index is 1.69. The molecule has 0 saturated carbocycles. The maximum Gasteiger partial charge on any atom is 0.259 e. The highest BCUT2D eigenvalue weighted by Gasteiger charge is 2.21. The SMILES string of the molecule is COCCOc1ccccc1C(=O)Nc1cccc(C(=O)N2CCN(C)CC2)c1. The van der Waals surface area contributed by atoms with Gasteiger partial charge in [0.2, 0.25) is 0 Å². The summed E-state index contributed by atoms with van der Waals surface area (Å²) in [6, 6.07) is 14.1. The number of rotatable bonds is 7. The lowest BCUT2D eigenvalue weighted by atomic mass is 10.1. The maximum absolute atomic E-state index is 12.8. The van der Waals surface area contributed by atoms with Crippen molar-refractivity contribution in [2.24, 2.45) is 0 Å². The molecular formula is C22H27N3O4. The van der Waals surface area contributed by atoms with Crippen LogP contribution in [0.2, 0.25) is 0 Å². The Bertz CT molecular complexity index is 847. The zero-order valence-corrected chi connectivity index (χ0v) is 16.9. The maximum atomic E-state index is 12.8. The number of carbonyl (C=O) groups is 2. The third-order valence-electron chi connectivity index (χ3n) is 4.83. The molecular weight excluding hydrogens is 370 g/mol. The van der Waals surface area contributed by atoms with Gasteiger partial charge in [-0.3, -0.25) is 9.59 Å². The summed E-state index contributed by atoms with van der Waals surface area (Å²) in [6.45, 7) is 3.93. The second kappa shape index (κ2) is 10.0. The van der Waals surface area contributed by atoms with Gasteiger partial charge < -0.3 is 24.6 Å². The molecule has 154 valence electrons. The molecule has 1 saturated heterocycles. The number of para-hydroxylation sites is 1. The number of likely N-dealkylation sites (N-methyl/N-ethyl adjacent to an activating group) is 1. The van der Waals surface area contributed by atoms with E-state index in [-0.39, 0.29) is 11.8 Å². The average Bonchev–Trinajstić information content (AvgIpc) is 2.74. The molecule has 7 nitrogen and oxygen atoms in total. The van der Waals surface area contributed by atoms with Crippen molar-refractivity contribution in [1.82, 2.24) is 9.80 Å². The number of piperazine rings is 1. The highest BCUT2D eigenvalue weighted by atomic mass is 16.5. The molecule has 0 spiro atoms. The second-order valence-corrected chi connectivity index (χ2v) is 6.97. The van der Waals surface area contributed by atoms with Crippen molar-refractivity contribution < 1.29 is 19.1 Å². The van der Waals surface area contributed by atoms with Crippen molar-refractivity contribution >= 4 is 17.5 Å². The van der Waals surface area contributed by atoms with Crippen LogP contribution in [-0.2, 0) is 4.74 Å². The van der Waals surface area contributed by atoms with Crippen LogP contribution < -0.4 is 10.1 Å². The summed E-state index contributed by atoms with van der Waals surface area (Å²) >= 11 is 0. The molecule has 0 atom stereocenters. The number of ether oxygens (including phenoxy) is 2. The first-order valence-corrected chi connectivity index (χ1v) is 9.68. The molecule has 0 bridgehead atoms. The summed E-state index contributed by atoms with van der Waals surface area (Å²) in [7, 11) is 3.65. The zero-order chi connectivity index (χ0) is 20.6. The predicted octanol–water partition coefficient (Wildman–Crippen LogP) is 2.35. The predicted molar refractivity (Wildman–Crippen MR) is 112 cm³/mol. The Morgan fingerprint density at radius 2 is 1.76 bits per heavy atom. The molecule has 2 aromatic carbocycles. The lowest BCUT2D eigenvalue weighted by Gasteiger charge is -2.32. The molecule has 1 fully saturated rings. The van der Waals surface area contributed by atoms with Crippen molar-refractivity contribution in [3.63, 3.8) is 0 Å². The zero-order valence-electron chi connectivity index (χ0n) is 16.9. The van der Waals surface area contributed by atoms with E-state index in [4.69, 9.17) is 9.47 Å². The average molecular weight is 397 g/mol. The van der Waals surface area contributed by atoms with Gasteiger partial charge in [0.15, 0.2) is 0 Å². The molecule has 3 rings (SSSR count). The minimum atomic E-state index is -0.290. The van der Waals surface area contributed by atoms with Gasteiger partial charge in [0, 0.05) is 44.5 Å². The fourth-order valence-electron chi connectivity index (χ4n) is 3.14. The molecule has 0 radical (unpaired) electrons. The summed E-state index contributed by atoms with van der Waals surface area (Å²) in [4.78, 5) is 29.6. The molecule has 0 unspecified atom stereocenters. The molecule has 1 N–H and O–H groups in total. The normalized spacial score (nSPS) is 14.5. The fourth-order valence-corrected chi connectivity index (χ4v) is 3.14. The largest absolute Gasteiger partial charge is 0.490 e. The van der Waals surface area contributed by atoms with Gasteiger partial charge in [-0.05, 0) is 37.4 Å². The first-order valence-electron chi connectivity index (χ1n) is 9.68. The minimum absolute atomic E-state index is 0.0162. The van der Waals surface area contributed by atoms with Gasteiger partial charge in [0.05, 0.1) is 12.2 Å². The smallest absolute Gasteiger partial charge is 0.259 e. The number of nitrogens with zero attached hydrogens (tertiary/aromatic N) is 2. The van der Waals surface area contributed by atoms with Crippen LogP contribution in [0.25, 0.3) is 0 Å². The van der Waals surface area contributed by atoms with Crippen molar-refractivity contribution in [3.8, 4) is 5.75 Å². The van der Waals surface area contributed by atoms with Crippen molar-refractivity contribution in [2.75, 3.05) is 58.9 Å². The Kier molecular flexibility index (Phi) is 7.21. The highest BCUT2D eigenvalue weighted by Crippen LogP contribution is 2.21. The summed E-state index contributed by atoms with van der Waals surface area (Å²) < 4.78 is 10.6. The van der Waals surface area contributed by atoms with Gasteiger partial charge in [-0.2, -0.15) is 0 Å². The first-order chi connectivity index (χ1) is 14.1. The molecule has 1 aliphatic rings. The van der Waals surface area contributed by atoms with Crippen LogP contribution in [0.1, 0.15) is 20.7 Å². The summed E-state index contributed by atoms with van der Waals surface area (Å²) in [5, 5.41) is 2.87. The van der Waals surface area contributed by atoms with Gasteiger partial charge in [-0.15, -0.1) is 0 Å². The monoisotopic (exact) mass is 397 g/mol. The van der Waals surface area contributed by atoms with Crippen LogP contribution in [0, 0.1) is 0 Å². The van der Waals surface area contributed by atoms with E-state index in [9.17, 15) is 9.59 Å². The lowest BCUT2D eigenvalue weighted by Crippen LogP contribution is -2.47. The molecule has 2 amide bonds. The van der Waals surface area contributed by atoms with Crippen LogP contribution in [0.4, 0.5) is 5.69 Å². The number of anilines is 1. The number of hydrogen-bond donors (Lipinski definition) is 1. The number of benzene rings is 2. The topological polar surface area (TPSA) is 71.1 Å². The van der Waals surface area contributed by atoms with Gasteiger partial charge in [0.25, 0.3) is 11.8 Å². The van der Waals surface area contributed by atoms with Crippen molar-refractivity contribution in [1.29, 1.82) is 0 Å². The van der Waals surface area contributed by atoms with E-state index < -0.39 is 0 Å². The molecule has 1 aliphatic heterocycles. The third kappa shape index (κ3) is 5.56.